The average molecular weight is 339 g/mol. The van der Waals surface area contributed by atoms with Gasteiger partial charge in [0.05, 0.1) is 23.8 Å². The third kappa shape index (κ3) is 2.90. The van der Waals surface area contributed by atoms with E-state index in [1.165, 1.54) is 0 Å². The summed E-state index contributed by atoms with van der Waals surface area (Å²) in [6.45, 7) is 8.04. The number of piperidine rings is 1. The zero-order valence-electron chi connectivity index (χ0n) is 14.4. The molecular formula is C15H23BFN3O4. The van der Waals surface area contributed by atoms with Gasteiger partial charge in [-0.2, -0.15) is 5.10 Å². The largest absolute Gasteiger partial charge is 0.498 e. The smallest absolute Gasteiger partial charge is 0.465 e. The number of hydrogen-bond donors (Lipinski definition) is 1. The highest BCUT2D eigenvalue weighted by Gasteiger charge is 2.52. The average Bonchev–Trinajstić information content (AvgIpc) is 3.02. The maximum atomic E-state index is 14.3. The van der Waals surface area contributed by atoms with Crippen LogP contribution in [0.2, 0.25) is 0 Å². The molecule has 1 amide bonds. The fourth-order valence-electron chi connectivity index (χ4n) is 3.00. The molecule has 2 aliphatic rings. The number of halogens is 1. The predicted molar refractivity (Wildman–Crippen MR) is 86.1 cm³/mol. The zero-order valence-corrected chi connectivity index (χ0v) is 14.4. The Morgan fingerprint density at radius 3 is 2.54 bits per heavy atom. The van der Waals surface area contributed by atoms with Crippen LogP contribution in [0.3, 0.4) is 0 Å². The molecule has 1 aromatic heterocycles. The lowest BCUT2D eigenvalue weighted by atomic mass is 9.82. The Morgan fingerprint density at radius 2 is 2.00 bits per heavy atom. The number of likely N-dealkylation sites (tertiary alicyclic amines) is 1. The van der Waals surface area contributed by atoms with Crippen LogP contribution in [0.5, 0.6) is 0 Å². The molecule has 0 aliphatic carbocycles. The Hall–Kier alpha value is -1.61. The van der Waals surface area contributed by atoms with Gasteiger partial charge >= 0.3 is 13.2 Å². The topological polar surface area (TPSA) is 76.8 Å². The van der Waals surface area contributed by atoms with E-state index in [0.29, 0.717) is 13.0 Å². The second kappa shape index (κ2) is 5.73. The lowest BCUT2D eigenvalue weighted by molar-refractivity contribution is 0.00578. The Kier molecular flexibility index (Phi) is 4.12. The molecule has 3 heterocycles. The predicted octanol–water partition coefficient (Wildman–Crippen LogP) is 1.45. The van der Waals surface area contributed by atoms with Crippen LogP contribution in [0.25, 0.3) is 0 Å². The Balaban J connectivity index is 1.72. The van der Waals surface area contributed by atoms with Crippen molar-refractivity contribution in [3.63, 3.8) is 0 Å². The van der Waals surface area contributed by atoms with E-state index >= 15 is 0 Å². The molecule has 2 atom stereocenters. The second-order valence-electron chi connectivity index (χ2n) is 7.44. The number of aromatic nitrogens is 2. The lowest BCUT2D eigenvalue weighted by Gasteiger charge is -2.33. The minimum atomic E-state index is -1.29. The van der Waals surface area contributed by atoms with Crippen molar-refractivity contribution in [3.05, 3.63) is 12.4 Å². The number of alkyl halides is 1. The number of hydrogen-bond acceptors (Lipinski definition) is 4. The van der Waals surface area contributed by atoms with Crippen LogP contribution in [-0.4, -0.2) is 63.5 Å². The molecule has 2 saturated heterocycles. The quantitative estimate of drug-likeness (QED) is 0.826. The molecule has 3 rings (SSSR count). The van der Waals surface area contributed by atoms with Gasteiger partial charge in [-0.05, 0) is 34.1 Å². The Morgan fingerprint density at radius 1 is 1.38 bits per heavy atom. The van der Waals surface area contributed by atoms with Crippen molar-refractivity contribution in [1.29, 1.82) is 0 Å². The molecule has 0 saturated carbocycles. The molecule has 132 valence electrons. The molecule has 0 unspecified atom stereocenters. The highest BCUT2D eigenvalue weighted by molar-refractivity contribution is 6.62. The van der Waals surface area contributed by atoms with Crippen LogP contribution < -0.4 is 5.46 Å². The number of carboxylic acid groups (broad SMARTS) is 1. The van der Waals surface area contributed by atoms with E-state index in [0.717, 1.165) is 10.4 Å². The van der Waals surface area contributed by atoms with Crippen LogP contribution in [0.1, 0.15) is 40.2 Å². The van der Waals surface area contributed by atoms with E-state index in [2.05, 4.69) is 5.10 Å². The Bertz CT molecular complexity index is 620. The van der Waals surface area contributed by atoms with E-state index in [-0.39, 0.29) is 6.54 Å². The van der Waals surface area contributed by atoms with Crippen LogP contribution in [0.4, 0.5) is 9.18 Å². The van der Waals surface area contributed by atoms with Crippen LogP contribution in [-0.2, 0) is 9.31 Å². The van der Waals surface area contributed by atoms with E-state index < -0.39 is 36.6 Å². The number of carbonyl (C=O) groups is 1. The van der Waals surface area contributed by atoms with Gasteiger partial charge in [0.1, 0.15) is 6.17 Å². The summed E-state index contributed by atoms with van der Waals surface area (Å²) in [5.74, 6) is 0. The van der Waals surface area contributed by atoms with Crippen molar-refractivity contribution in [2.45, 2.75) is 57.5 Å². The van der Waals surface area contributed by atoms with Crippen molar-refractivity contribution >= 4 is 18.7 Å². The van der Waals surface area contributed by atoms with Gasteiger partial charge < -0.3 is 19.3 Å². The van der Waals surface area contributed by atoms with Crippen LogP contribution >= 0.6 is 0 Å². The van der Waals surface area contributed by atoms with Crippen LogP contribution in [0, 0.1) is 0 Å². The van der Waals surface area contributed by atoms with E-state index in [9.17, 15) is 9.18 Å². The molecule has 7 nitrogen and oxygen atoms in total. The lowest BCUT2D eigenvalue weighted by Crippen LogP contribution is -2.45. The van der Waals surface area contributed by atoms with Crippen molar-refractivity contribution in [2.75, 3.05) is 13.1 Å². The van der Waals surface area contributed by atoms with Gasteiger partial charge in [-0.3, -0.25) is 4.68 Å². The highest BCUT2D eigenvalue weighted by atomic mass is 19.1. The van der Waals surface area contributed by atoms with Gasteiger partial charge in [0.15, 0.2) is 0 Å². The first-order valence-corrected chi connectivity index (χ1v) is 8.12. The molecule has 0 bridgehead atoms. The summed E-state index contributed by atoms with van der Waals surface area (Å²) in [4.78, 5) is 12.0. The summed E-state index contributed by atoms with van der Waals surface area (Å²) >= 11 is 0. The molecule has 9 heteroatoms. The van der Waals surface area contributed by atoms with Gasteiger partial charge in [-0.15, -0.1) is 0 Å². The summed E-state index contributed by atoms with van der Waals surface area (Å²) in [5, 5.41) is 13.2. The molecular weight excluding hydrogens is 316 g/mol. The minimum Gasteiger partial charge on any atom is -0.465 e. The van der Waals surface area contributed by atoms with Gasteiger partial charge in [-0.25, -0.2) is 9.18 Å². The zero-order chi connectivity index (χ0) is 17.7. The molecule has 2 fully saturated rings. The van der Waals surface area contributed by atoms with Crippen molar-refractivity contribution in [3.8, 4) is 0 Å². The van der Waals surface area contributed by atoms with E-state index in [4.69, 9.17) is 14.4 Å². The summed E-state index contributed by atoms with van der Waals surface area (Å²) in [6, 6.07) is -0.475. The summed E-state index contributed by atoms with van der Waals surface area (Å²) < 4.78 is 27.8. The SMILES string of the molecule is CC1(C)OB(c2cnn([C@@H]3CCN(C(=O)O)C[C@H]3F)c2)OC1(C)C. The van der Waals surface area contributed by atoms with Crippen molar-refractivity contribution in [1.82, 2.24) is 14.7 Å². The normalized spacial score (nSPS) is 29.0. The summed E-state index contributed by atoms with van der Waals surface area (Å²) in [5.41, 5.74) is -0.161. The van der Waals surface area contributed by atoms with E-state index in [1.807, 2.05) is 27.7 Å². The van der Waals surface area contributed by atoms with Crippen molar-refractivity contribution in [2.24, 2.45) is 0 Å². The number of nitrogens with zero attached hydrogens (tertiary/aromatic N) is 3. The monoisotopic (exact) mass is 339 g/mol. The van der Waals surface area contributed by atoms with Crippen molar-refractivity contribution < 1.29 is 23.6 Å². The number of rotatable bonds is 2. The standard InChI is InChI=1S/C15H23BFN3O4/c1-14(2)15(3,4)24-16(23-14)10-7-18-20(8-10)12-5-6-19(13(21)22)9-11(12)17/h7-8,11-12H,5-6,9H2,1-4H3,(H,21,22)/t11-,12-/m1/s1. The third-order valence-corrected chi connectivity index (χ3v) is 5.26. The fraction of sp³-hybridized carbons (Fsp3) is 0.733. The van der Waals surface area contributed by atoms with Gasteiger partial charge in [0.2, 0.25) is 0 Å². The summed E-state index contributed by atoms with van der Waals surface area (Å²) in [7, 11) is -0.541. The first kappa shape index (κ1) is 17.2. The second-order valence-corrected chi connectivity index (χ2v) is 7.44. The summed E-state index contributed by atoms with van der Waals surface area (Å²) in [6.07, 6.45) is 1.36. The third-order valence-electron chi connectivity index (χ3n) is 5.26. The Labute approximate surface area is 140 Å². The molecule has 0 spiro atoms. The molecule has 1 aromatic rings. The molecule has 1 N–H and O–H groups in total. The number of amides is 1. The van der Waals surface area contributed by atoms with Gasteiger partial charge in [-0.1, -0.05) is 0 Å². The maximum absolute atomic E-state index is 14.3. The molecule has 2 aliphatic heterocycles. The molecule has 0 radical (unpaired) electrons. The van der Waals surface area contributed by atoms with Crippen LogP contribution in [0.15, 0.2) is 12.4 Å². The van der Waals surface area contributed by atoms with E-state index in [1.54, 1.807) is 17.1 Å². The molecule has 24 heavy (non-hydrogen) atoms. The fourth-order valence-corrected chi connectivity index (χ4v) is 3.00. The minimum absolute atomic E-state index is 0.133. The molecule has 0 aromatic carbocycles. The highest BCUT2D eigenvalue weighted by Crippen LogP contribution is 2.36. The maximum Gasteiger partial charge on any atom is 0.498 e. The first-order valence-electron chi connectivity index (χ1n) is 8.12. The van der Waals surface area contributed by atoms with Gasteiger partial charge in [0, 0.05) is 24.4 Å². The van der Waals surface area contributed by atoms with Gasteiger partial charge in [0.25, 0.3) is 0 Å². The first-order chi connectivity index (χ1) is 11.1.